The minimum atomic E-state index is -0.851. The first-order valence-corrected chi connectivity index (χ1v) is 17.9. The number of morpholine rings is 1. The zero-order valence-electron chi connectivity index (χ0n) is 27.4. The van der Waals surface area contributed by atoms with Gasteiger partial charge in [-0.15, -0.1) is 0 Å². The van der Waals surface area contributed by atoms with Crippen molar-refractivity contribution in [3.05, 3.63) is 47.9 Å². The fraction of sp³-hybridized carbons (Fsp3) is 0.605. The van der Waals surface area contributed by atoms with E-state index in [4.69, 9.17) is 9.15 Å². The number of fused-ring (bicyclic) bond motifs is 5. The van der Waals surface area contributed by atoms with Crippen LogP contribution >= 0.6 is 0 Å². The number of nitrogens with one attached hydrogen (secondary N) is 2. The summed E-state index contributed by atoms with van der Waals surface area (Å²) in [6, 6.07) is 10.1. The summed E-state index contributed by atoms with van der Waals surface area (Å²) >= 11 is 0. The summed E-state index contributed by atoms with van der Waals surface area (Å²) in [7, 11) is 0. The third-order valence-electron chi connectivity index (χ3n) is 13.1. The van der Waals surface area contributed by atoms with Crippen molar-refractivity contribution in [2.45, 2.75) is 70.3 Å². The van der Waals surface area contributed by atoms with E-state index < -0.39 is 17.4 Å². The van der Waals surface area contributed by atoms with Gasteiger partial charge >= 0.3 is 0 Å². The first kappa shape index (κ1) is 29.5. The number of hydrogen-bond donors (Lipinski definition) is 2. The fourth-order valence-corrected chi connectivity index (χ4v) is 11.3. The van der Waals surface area contributed by atoms with Crippen LogP contribution in [0, 0.1) is 35.0 Å². The van der Waals surface area contributed by atoms with Crippen LogP contribution in [0.5, 0.6) is 0 Å². The number of ether oxygens (including phenoxy) is 1. The monoisotopic (exact) mass is 638 g/mol. The number of hydrogen-bond acceptors (Lipinski definition) is 5. The molecule has 4 bridgehead atoms. The van der Waals surface area contributed by atoms with Crippen LogP contribution in [0.2, 0.25) is 0 Å². The third-order valence-corrected chi connectivity index (χ3v) is 13.1. The molecule has 2 N–H and O–H groups in total. The molecule has 2 aromatic heterocycles. The highest BCUT2D eigenvalue weighted by molar-refractivity contribution is 5.93. The van der Waals surface area contributed by atoms with E-state index in [0.717, 1.165) is 52.2 Å². The molecule has 10 rings (SSSR count). The lowest BCUT2D eigenvalue weighted by Crippen LogP contribution is -2.65. The van der Waals surface area contributed by atoms with Crippen LogP contribution in [0.25, 0.3) is 22.2 Å². The van der Waals surface area contributed by atoms with Gasteiger partial charge in [0.1, 0.15) is 5.76 Å². The molecule has 3 aromatic rings. The van der Waals surface area contributed by atoms with Gasteiger partial charge in [0.2, 0.25) is 17.7 Å². The first-order valence-electron chi connectivity index (χ1n) is 17.9. The Morgan fingerprint density at radius 2 is 1.74 bits per heavy atom. The van der Waals surface area contributed by atoms with Crippen molar-refractivity contribution >= 4 is 28.6 Å². The van der Waals surface area contributed by atoms with Crippen LogP contribution in [-0.4, -0.2) is 71.9 Å². The maximum Gasteiger partial charge on any atom is 0.228 e. The molecule has 248 valence electrons. The van der Waals surface area contributed by atoms with Crippen LogP contribution in [0.3, 0.4) is 0 Å². The SMILES string of the molecule is C[C@]12c3[nH]c4cc(-c5ccco5)ccc4c3CCN1C(=O)[C@@H](CC(=O)NCC13CC4CC(CC(C4)C1)C3)C[C@@H]2C(=O)N1CCOCC1. The van der Waals surface area contributed by atoms with Gasteiger partial charge in [-0.25, -0.2) is 0 Å². The van der Waals surface area contributed by atoms with Gasteiger partial charge in [0.05, 0.1) is 30.9 Å². The van der Waals surface area contributed by atoms with Crippen molar-refractivity contribution in [3.63, 3.8) is 0 Å². The number of aromatic nitrogens is 1. The molecular formula is C38H46N4O5. The van der Waals surface area contributed by atoms with E-state index in [9.17, 15) is 14.4 Å². The van der Waals surface area contributed by atoms with Gasteiger partial charge in [0.25, 0.3) is 0 Å². The van der Waals surface area contributed by atoms with Gasteiger partial charge in [-0.2, -0.15) is 0 Å². The van der Waals surface area contributed by atoms with E-state index in [-0.39, 0.29) is 29.6 Å². The van der Waals surface area contributed by atoms with Crippen LogP contribution in [0.15, 0.2) is 41.0 Å². The number of carbonyl (C=O) groups excluding carboxylic acids is 3. The van der Waals surface area contributed by atoms with Crippen molar-refractivity contribution in [1.82, 2.24) is 20.1 Å². The number of nitrogens with zero attached hydrogens (tertiary/aromatic N) is 2. The molecule has 5 heterocycles. The molecule has 0 unspecified atom stereocenters. The summed E-state index contributed by atoms with van der Waals surface area (Å²) in [6.07, 6.45) is 10.7. The Kier molecular flexibility index (Phi) is 6.90. The second-order valence-electron chi connectivity index (χ2n) is 15.9. The Morgan fingerprint density at radius 3 is 2.45 bits per heavy atom. The molecule has 0 spiro atoms. The average Bonchev–Trinajstić information content (AvgIpc) is 3.74. The third kappa shape index (κ3) is 4.78. The zero-order chi connectivity index (χ0) is 31.9. The number of rotatable bonds is 6. The second-order valence-corrected chi connectivity index (χ2v) is 15.9. The van der Waals surface area contributed by atoms with Crippen LogP contribution < -0.4 is 5.32 Å². The van der Waals surface area contributed by atoms with E-state index in [0.29, 0.717) is 45.7 Å². The van der Waals surface area contributed by atoms with Crippen molar-refractivity contribution in [3.8, 4) is 11.3 Å². The smallest absolute Gasteiger partial charge is 0.228 e. The Bertz CT molecular complexity index is 1690. The van der Waals surface area contributed by atoms with E-state index in [1.54, 1.807) is 6.26 Å². The predicted molar refractivity (Wildman–Crippen MR) is 176 cm³/mol. The Hall–Kier alpha value is -3.59. The van der Waals surface area contributed by atoms with Crippen LogP contribution in [0.4, 0.5) is 0 Å². The summed E-state index contributed by atoms with van der Waals surface area (Å²) in [5.74, 6) is 2.27. The van der Waals surface area contributed by atoms with Gasteiger partial charge in [-0.05, 0) is 105 Å². The molecule has 3 amide bonds. The number of piperidine rings is 1. The number of benzene rings is 1. The second kappa shape index (κ2) is 11.0. The Labute approximate surface area is 275 Å². The minimum absolute atomic E-state index is 0.0101. The van der Waals surface area contributed by atoms with Crippen LogP contribution in [0.1, 0.15) is 69.5 Å². The molecule has 9 heteroatoms. The predicted octanol–water partition coefficient (Wildman–Crippen LogP) is 5.25. The van der Waals surface area contributed by atoms with E-state index in [1.165, 1.54) is 44.1 Å². The highest BCUT2D eigenvalue weighted by Crippen LogP contribution is 2.60. The van der Waals surface area contributed by atoms with E-state index in [1.807, 2.05) is 21.9 Å². The molecule has 47 heavy (non-hydrogen) atoms. The quantitative estimate of drug-likeness (QED) is 0.384. The topological polar surface area (TPSA) is 108 Å². The molecule has 9 nitrogen and oxygen atoms in total. The lowest BCUT2D eigenvalue weighted by atomic mass is 9.49. The largest absolute Gasteiger partial charge is 0.464 e. The van der Waals surface area contributed by atoms with Gasteiger partial charge in [0.15, 0.2) is 0 Å². The minimum Gasteiger partial charge on any atom is -0.464 e. The molecule has 0 radical (unpaired) electrons. The van der Waals surface area contributed by atoms with E-state index >= 15 is 0 Å². The summed E-state index contributed by atoms with van der Waals surface area (Å²) in [5.41, 5.74) is 3.45. The standard InChI is InChI=1S/C38H46N4O5/c1-37-30(36(45)41-8-11-46-12-9-41)16-27(18-33(43)39-22-38-19-23-13-24(20-38)15-25(14-23)21-38)35(44)42(37)7-6-29-28-5-4-26(32-3-2-10-47-32)17-31(28)40-34(29)37/h2-5,10,17,23-25,27,30,40H,6-9,11-16,18-22H2,1H3,(H,39,43)/t23?,24?,25?,27-,30-,37+,38?/m1/s1. The lowest BCUT2D eigenvalue weighted by Gasteiger charge is -2.57. The van der Waals surface area contributed by atoms with E-state index in [2.05, 4.69) is 35.4 Å². The Morgan fingerprint density at radius 1 is 1.00 bits per heavy atom. The highest BCUT2D eigenvalue weighted by Gasteiger charge is 2.57. The van der Waals surface area contributed by atoms with Gasteiger partial charge < -0.3 is 29.3 Å². The highest BCUT2D eigenvalue weighted by atomic mass is 16.5. The summed E-state index contributed by atoms with van der Waals surface area (Å²) in [5, 5.41) is 4.43. The number of furan rings is 1. The summed E-state index contributed by atoms with van der Waals surface area (Å²) in [6.45, 7) is 5.43. The molecule has 7 aliphatic rings. The molecule has 6 fully saturated rings. The molecule has 3 aliphatic heterocycles. The number of H-pyrrole nitrogens is 1. The molecular weight excluding hydrogens is 592 g/mol. The first-order chi connectivity index (χ1) is 22.8. The summed E-state index contributed by atoms with van der Waals surface area (Å²) in [4.78, 5) is 50.0. The fourth-order valence-electron chi connectivity index (χ4n) is 11.3. The number of amides is 3. The molecule has 4 saturated carbocycles. The summed E-state index contributed by atoms with van der Waals surface area (Å²) < 4.78 is 11.3. The molecule has 3 atom stereocenters. The lowest BCUT2D eigenvalue weighted by molar-refractivity contribution is -0.166. The molecule has 1 aromatic carbocycles. The maximum atomic E-state index is 14.5. The van der Waals surface area contributed by atoms with Gasteiger partial charge in [-0.1, -0.05) is 12.1 Å². The molecule has 4 aliphatic carbocycles. The molecule has 2 saturated heterocycles. The zero-order valence-corrected chi connectivity index (χ0v) is 27.4. The number of aromatic amines is 1. The maximum absolute atomic E-state index is 14.5. The van der Waals surface area contributed by atoms with Crippen LogP contribution in [-0.2, 0) is 31.1 Å². The van der Waals surface area contributed by atoms with Gasteiger partial charge in [0, 0.05) is 60.7 Å². The van der Waals surface area contributed by atoms with Crippen molar-refractivity contribution in [2.24, 2.45) is 35.0 Å². The normalized spacial score (nSPS) is 34.4. The Balaban J connectivity index is 1.01. The number of carbonyl (C=O) groups is 3. The van der Waals surface area contributed by atoms with Crippen molar-refractivity contribution in [1.29, 1.82) is 0 Å². The van der Waals surface area contributed by atoms with Crippen molar-refractivity contribution in [2.75, 3.05) is 39.4 Å². The van der Waals surface area contributed by atoms with Gasteiger partial charge in [-0.3, -0.25) is 14.4 Å². The van der Waals surface area contributed by atoms with Crippen molar-refractivity contribution < 1.29 is 23.5 Å². The average molecular weight is 639 g/mol.